The molecule has 7 nitrogen and oxygen atoms in total. The summed E-state index contributed by atoms with van der Waals surface area (Å²) in [7, 11) is 1.63. The van der Waals surface area contributed by atoms with Crippen LogP contribution in [0.5, 0.6) is 0 Å². The summed E-state index contributed by atoms with van der Waals surface area (Å²) in [6, 6.07) is 0. The molecule has 0 radical (unpaired) electrons. The standard InChI is InChI=1S/C18H28N4O3/c1-24-7-8-25-11-16(23)21-10-15(18(12-21)5-2-6-18)17-20-19-13-22(17)9-14-3-4-14/h13-15H,2-12H2,1H3. The second kappa shape index (κ2) is 7.03. The molecule has 25 heavy (non-hydrogen) atoms. The van der Waals surface area contributed by atoms with Gasteiger partial charge in [-0.2, -0.15) is 0 Å². The van der Waals surface area contributed by atoms with Crippen LogP contribution in [-0.2, 0) is 20.8 Å². The van der Waals surface area contributed by atoms with Crippen molar-refractivity contribution >= 4 is 5.91 Å². The molecule has 3 fully saturated rings. The fourth-order valence-corrected chi connectivity index (χ4v) is 4.30. The number of amides is 1. The third-order valence-electron chi connectivity index (χ3n) is 6.12. The van der Waals surface area contributed by atoms with Crippen molar-refractivity contribution in [3.8, 4) is 0 Å². The van der Waals surface area contributed by atoms with Crippen LogP contribution >= 0.6 is 0 Å². The molecule has 2 saturated carbocycles. The van der Waals surface area contributed by atoms with Crippen molar-refractivity contribution < 1.29 is 14.3 Å². The van der Waals surface area contributed by atoms with Gasteiger partial charge < -0.3 is 18.9 Å². The lowest BCUT2D eigenvalue weighted by molar-refractivity contribution is -0.136. The van der Waals surface area contributed by atoms with E-state index in [1.165, 1.54) is 32.1 Å². The summed E-state index contributed by atoms with van der Waals surface area (Å²) >= 11 is 0. The number of carbonyl (C=O) groups excluding carboxylic acids is 1. The Labute approximate surface area is 148 Å². The van der Waals surface area contributed by atoms with Gasteiger partial charge >= 0.3 is 0 Å². The fraction of sp³-hybridized carbons (Fsp3) is 0.833. The maximum absolute atomic E-state index is 12.5. The molecule has 2 heterocycles. The monoisotopic (exact) mass is 348 g/mol. The second-order valence-corrected chi connectivity index (χ2v) is 7.87. The lowest BCUT2D eigenvalue weighted by atomic mass is 9.62. The molecule has 0 N–H and O–H groups in total. The first-order valence-corrected chi connectivity index (χ1v) is 9.44. The highest BCUT2D eigenvalue weighted by molar-refractivity contribution is 5.78. The highest BCUT2D eigenvalue weighted by Crippen LogP contribution is 2.55. The number of carbonyl (C=O) groups is 1. The zero-order valence-electron chi connectivity index (χ0n) is 15.0. The Balaban J connectivity index is 1.43. The van der Waals surface area contributed by atoms with E-state index in [2.05, 4.69) is 14.8 Å². The Morgan fingerprint density at radius 1 is 1.36 bits per heavy atom. The van der Waals surface area contributed by atoms with Gasteiger partial charge in [-0.25, -0.2) is 0 Å². The molecular weight excluding hydrogens is 320 g/mol. The summed E-state index contributed by atoms with van der Waals surface area (Å²) in [6.07, 6.45) is 8.12. The predicted molar refractivity (Wildman–Crippen MR) is 91.0 cm³/mol. The van der Waals surface area contributed by atoms with E-state index in [-0.39, 0.29) is 17.9 Å². The topological polar surface area (TPSA) is 69.5 Å². The van der Waals surface area contributed by atoms with Crippen LogP contribution in [0.2, 0.25) is 0 Å². The van der Waals surface area contributed by atoms with Crippen LogP contribution in [0.4, 0.5) is 0 Å². The summed E-state index contributed by atoms with van der Waals surface area (Å²) in [5, 5.41) is 8.65. The lowest BCUT2D eigenvalue weighted by Crippen LogP contribution is -2.39. The minimum atomic E-state index is 0.0816. The van der Waals surface area contributed by atoms with Crippen molar-refractivity contribution in [2.24, 2.45) is 11.3 Å². The molecule has 0 bridgehead atoms. The van der Waals surface area contributed by atoms with Gasteiger partial charge in [0.05, 0.1) is 13.2 Å². The summed E-state index contributed by atoms with van der Waals surface area (Å²) in [5.41, 5.74) is 0.205. The molecular formula is C18H28N4O3. The molecule has 1 saturated heterocycles. The van der Waals surface area contributed by atoms with Gasteiger partial charge in [-0.15, -0.1) is 10.2 Å². The average molecular weight is 348 g/mol. The van der Waals surface area contributed by atoms with Gasteiger partial charge in [0.1, 0.15) is 18.8 Å². The zero-order valence-corrected chi connectivity index (χ0v) is 15.0. The van der Waals surface area contributed by atoms with Crippen LogP contribution in [-0.4, -0.2) is 65.6 Å². The Hall–Kier alpha value is -1.47. The molecule has 1 aliphatic heterocycles. The van der Waals surface area contributed by atoms with Crippen LogP contribution in [0.1, 0.15) is 43.8 Å². The molecule has 1 aromatic rings. The van der Waals surface area contributed by atoms with E-state index in [1.54, 1.807) is 7.11 Å². The maximum Gasteiger partial charge on any atom is 0.248 e. The van der Waals surface area contributed by atoms with Crippen molar-refractivity contribution in [1.82, 2.24) is 19.7 Å². The fourth-order valence-electron chi connectivity index (χ4n) is 4.30. The molecule has 2 aliphatic carbocycles. The second-order valence-electron chi connectivity index (χ2n) is 7.87. The number of hydrogen-bond acceptors (Lipinski definition) is 5. The van der Waals surface area contributed by atoms with E-state index in [0.717, 1.165) is 31.4 Å². The molecule has 3 aliphatic rings. The maximum atomic E-state index is 12.5. The van der Waals surface area contributed by atoms with E-state index >= 15 is 0 Å². The molecule has 1 atom stereocenters. The van der Waals surface area contributed by atoms with Crippen molar-refractivity contribution in [3.05, 3.63) is 12.2 Å². The van der Waals surface area contributed by atoms with Gasteiger partial charge in [0.15, 0.2) is 0 Å². The number of aromatic nitrogens is 3. The van der Waals surface area contributed by atoms with Crippen LogP contribution in [0, 0.1) is 11.3 Å². The minimum Gasteiger partial charge on any atom is -0.382 e. The predicted octanol–water partition coefficient (Wildman–Crippen LogP) is 1.45. The van der Waals surface area contributed by atoms with Gasteiger partial charge in [0, 0.05) is 32.7 Å². The van der Waals surface area contributed by atoms with Gasteiger partial charge in [-0.3, -0.25) is 4.79 Å². The number of methoxy groups -OCH3 is 1. The van der Waals surface area contributed by atoms with Crippen molar-refractivity contribution in [1.29, 1.82) is 0 Å². The molecule has 0 aromatic carbocycles. The quantitative estimate of drug-likeness (QED) is 0.665. The summed E-state index contributed by atoms with van der Waals surface area (Å²) in [4.78, 5) is 14.5. The molecule has 1 spiro atoms. The first-order chi connectivity index (χ1) is 12.2. The Morgan fingerprint density at radius 3 is 2.88 bits per heavy atom. The average Bonchev–Trinajstić information content (AvgIpc) is 3.11. The van der Waals surface area contributed by atoms with Gasteiger partial charge in [-0.1, -0.05) is 6.42 Å². The normalized spacial score (nSPS) is 24.7. The summed E-state index contributed by atoms with van der Waals surface area (Å²) in [5.74, 6) is 2.27. The molecule has 1 unspecified atom stereocenters. The SMILES string of the molecule is COCCOCC(=O)N1CC(c2nncn2CC2CC2)C2(CCC2)C1. The Bertz CT molecular complexity index is 609. The first kappa shape index (κ1) is 17.0. The summed E-state index contributed by atoms with van der Waals surface area (Å²) < 4.78 is 12.6. The summed E-state index contributed by atoms with van der Waals surface area (Å²) in [6.45, 7) is 3.73. The largest absolute Gasteiger partial charge is 0.382 e. The van der Waals surface area contributed by atoms with Gasteiger partial charge in [-0.05, 0) is 37.0 Å². The highest BCUT2D eigenvalue weighted by atomic mass is 16.5. The number of rotatable bonds is 8. The van der Waals surface area contributed by atoms with Gasteiger partial charge in [0.2, 0.25) is 5.91 Å². The molecule has 4 rings (SSSR count). The third kappa shape index (κ3) is 3.44. The minimum absolute atomic E-state index is 0.0816. The highest BCUT2D eigenvalue weighted by Gasteiger charge is 2.53. The van der Waals surface area contributed by atoms with Crippen LogP contribution in [0.3, 0.4) is 0 Å². The molecule has 7 heteroatoms. The lowest BCUT2D eigenvalue weighted by Gasteiger charge is -2.42. The van der Waals surface area contributed by atoms with Crippen molar-refractivity contribution in [2.75, 3.05) is 40.0 Å². The van der Waals surface area contributed by atoms with Crippen LogP contribution in [0.25, 0.3) is 0 Å². The van der Waals surface area contributed by atoms with E-state index in [9.17, 15) is 4.79 Å². The number of hydrogen-bond donors (Lipinski definition) is 0. The van der Waals surface area contributed by atoms with Crippen molar-refractivity contribution in [3.63, 3.8) is 0 Å². The smallest absolute Gasteiger partial charge is 0.248 e. The third-order valence-corrected chi connectivity index (χ3v) is 6.12. The zero-order chi connectivity index (χ0) is 17.3. The van der Waals surface area contributed by atoms with Crippen LogP contribution in [0.15, 0.2) is 6.33 Å². The molecule has 138 valence electrons. The number of nitrogens with zero attached hydrogens (tertiary/aromatic N) is 4. The first-order valence-electron chi connectivity index (χ1n) is 9.44. The van der Waals surface area contributed by atoms with Crippen molar-refractivity contribution in [2.45, 2.75) is 44.6 Å². The van der Waals surface area contributed by atoms with E-state index < -0.39 is 0 Å². The molecule has 1 amide bonds. The Kier molecular flexibility index (Phi) is 4.78. The van der Waals surface area contributed by atoms with E-state index in [4.69, 9.17) is 9.47 Å². The number of likely N-dealkylation sites (tertiary alicyclic amines) is 1. The molecule has 1 aromatic heterocycles. The number of ether oxygens (including phenoxy) is 2. The Morgan fingerprint density at radius 2 is 2.20 bits per heavy atom. The van der Waals surface area contributed by atoms with E-state index in [1.807, 2.05) is 11.2 Å². The van der Waals surface area contributed by atoms with E-state index in [0.29, 0.717) is 19.1 Å². The van der Waals surface area contributed by atoms with Crippen LogP contribution < -0.4 is 0 Å². The van der Waals surface area contributed by atoms with Gasteiger partial charge in [0.25, 0.3) is 0 Å².